The zero-order chi connectivity index (χ0) is 25.8. The first-order valence-corrected chi connectivity index (χ1v) is 13.0. The van der Waals surface area contributed by atoms with Gasteiger partial charge in [-0.25, -0.2) is 0 Å². The Morgan fingerprint density at radius 1 is 0.865 bits per heavy atom. The van der Waals surface area contributed by atoms with E-state index in [0.29, 0.717) is 10.7 Å². The largest absolute Gasteiger partial charge is 0.454 e. The number of amides is 3. The Balaban J connectivity index is 1.18. The Morgan fingerprint density at radius 2 is 1.38 bits per heavy atom. The number of nitrogens with zero attached hydrogens (tertiary/aromatic N) is 1. The molecule has 1 N–H and O–H groups in total. The summed E-state index contributed by atoms with van der Waals surface area (Å²) in [6, 6.07) is 20.8. The van der Waals surface area contributed by atoms with E-state index in [1.807, 2.05) is 48.5 Å². The van der Waals surface area contributed by atoms with Gasteiger partial charge < -0.3 is 10.1 Å². The van der Waals surface area contributed by atoms with Gasteiger partial charge in [0, 0.05) is 16.3 Å². The number of ether oxygens (including phenoxy) is 1. The zero-order valence-corrected chi connectivity index (χ0v) is 21.7. The maximum Gasteiger partial charge on any atom is 0.326 e. The normalized spacial score (nSPS) is 22.8. The molecular formula is C28H20BrClN2O5. The Hall–Kier alpha value is -3.49. The number of esters is 1. The summed E-state index contributed by atoms with van der Waals surface area (Å²) < 4.78 is 5.85. The zero-order valence-electron chi connectivity index (χ0n) is 19.3. The SMILES string of the molecule is O=C(COC(=O)CN1C(=O)[C@@H]2C3c4ccccc4C(c4ccccc43)[C@@H]2C1=O)Nc1ccc(Br)cc1Cl. The number of rotatable bonds is 5. The molecule has 37 heavy (non-hydrogen) atoms. The summed E-state index contributed by atoms with van der Waals surface area (Å²) in [7, 11) is 0. The third-order valence-electron chi connectivity index (χ3n) is 7.40. The molecule has 7 rings (SSSR count). The van der Waals surface area contributed by atoms with Crippen LogP contribution in [0.1, 0.15) is 34.1 Å². The van der Waals surface area contributed by atoms with E-state index >= 15 is 0 Å². The van der Waals surface area contributed by atoms with Crippen molar-refractivity contribution >= 4 is 56.9 Å². The van der Waals surface area contributed by atoms with E-state index in [1.165, 1.54) is 0 Å². The molecule has 3 amide bonds. The van der Waals surface area contributed by atoms with Crippen molar-refractivity contribution in [3.63, 3.8) is 0 Å². The van der Waals surface area contributed by atoms with Gasteiger partial charge in [-0.2, -0.15) is 0 Å². The highest BCUT2D eigenvalue weighted by atomic mass is 79.9. The van der Waals surface area contributed by atoms with Gasteiger partial charge in [0.15, 0.2) is 6.61 Å². The molecular weight excluding hydrogens is 560 g/mol. The molecule has 2 atom stereocenters. The van der Waals surface area contributed by atoms with Crippen molar-refractivity contribution in [3.8, 4) is 0 Å². The van der Waals surface area contributed by atoms with E-state index in [9.17, 15) is 19.2 Å². The van der Waals surface area contributed by atoms with Crippen LogP contribution in [0.2, 0.25) is 5.02 Å². The van der Waals surface area contributed by atoms with Gasteiger partial charge in [0.05, 0.1) is 22.5 Å². The minimum atomic E-state index is -0.834. The van der Waals surface area contributed by atoms with Crippen LogP contribution in [0.3, 0.4) is 0 Å². The Bertz CT molecular complexity index is 1380. The second kappa shape index (κ2) is 9.11. The molecule has 1 heterocycles. The first-order valence-electron chi connectivity index (χ1n) is 11.8. The highest BCUT2D eigenvalue weighted by molar-refractivity contribution is 9.10. The Kier molecular flexibility index (Phi) is 5.88. The average molecular weight is 580 g/mol. The van der Waals surface area contributed by atoms with Crippen LogP contribution in [0.4, 0.5) is 5.69 Å². The molecule has 0 aromatic heterocycles. The van der Waals surface area contributed by atoms with Crippen LogP contribution in [-0.2, 0) is 23.9 Å². The van der Waals surface area contributed by atoms with Crippen molar-refractivity contribution < 1.29 is 23.9 Å². The molecule has 0 unspecified atom stereocenters. The minimum absolute atomic E-state index is 0.249. The van der Waals surface area contributed by atoms with E-state index in [1.54, 1.807) is 18.2 Å². The van der Waals surface area contributed by atoms with Gasteiger partial charge in [-0.05, 0) is 40.5 Å². The number of likely N-dealkylation sites (tertiary alicyclic amines) is 1. The molecule has 9 heteroatoms. The fourth-order valence-electron chi connectivity index (χ4n) is 5.99. The van der Waals surface area contributed by atoms with E-state index in [0.717, 1.165) is 31.6 Å². The molecule has 0 spiro atoms. The van der Waals surface area contributed by atoms with Crippen molar-refractivity contribution in [2.45, 2.75) is 11.8 Å². The second-order valence-electron chi connectivity index (χ2n) is 9.36. The quantitative estimate of drug-likeness (QED) is 0.356. The molecule has 7 nitrogen and oxygen atoms in total. The summed E-state index contributed by atoms with van der Waals surface area (Å²) in [6.45, 7) is -1.11. The number of anilines is 1. The average Bonchev–Trinajstić information content (AvgIpc) is 3.14. The summed E-state index contributed by atoms with van der Waals surface area (Å²) in [5.41, 5.74) is 4.60. The number of imide groups is 1. The molecule has 3 aromatic carbocycles. The van der Waals surface area contributed by atoms with Crippen molar-refractivity contribution in [2.75, 3.05) is 18.5 Å². The van der Waals surface area contributed by atoms with E-state index in [2.05, 4.69) is 21.2 Å². The highest BCUT2D eigenvalue weighted by Gasteiger charge is 2.61. The van der Waals surface area contributed by atoms with Crippen LogP contribution in [0.25, 0.3) is 0 Å². The number of carbonyl (C=O) groups is 4. The summed E-state index contributed by atoms with van der Waals surface area (Å²) in [5, 5.41) is 2.89. The summed E-state index contributed by atoms with van der Waals surface area (Å²) >= 11 is 9.39. The molecule has 186 valence electrons. The van der Waals surface area contributed by atoms with Gasteiger partial charge in [0.1, 0.15) is 6.54 Å². The van der Waals surface area contributed by atoms with Crippen molar-refractivity contribution in [1.29, 1.82) is 0 Å². The maximum absolute atomic E-state index is 13.5. The van der Waals surface area contributed by atoms with Gasteiger partial charge in [-0.3, -0.25) is 24.1 Å². The summed E-state index contributed by atoms with van der Waals surface area (Å²) in [5.74, 6) is -3.82. The van der Waals surface area contributed by atoms with Crippen molar-refractivity contribution in [3.05, 3.63) is 98.5 Å². The molecule has 1 saturated heterocycles. The summed E-state index contributed by atoms with van der Waals surface area (Å²) in [4.78, 5) is 52.9. The molecule has 1 fully saturated rings. The fraction of sp³-hybridized carbons (Fsp3) is 0.214. The predicted molar refractivity (Wildman–Crippen MR) is 139 cm³/mol. The minimum Gasteiger partial charge on any atom is -0.454 e. The lowest BCUT2D eigenvalue weighted by Crippen LogP contribution is -2.41. The Morgan fingerprint density at radius 3 is 1.86 bits per heavy atom. The fourth-order valence-corrected chi connectivity index (χ4v) is 6.71. The molecule has 4 aliphatic rings. The highest BCUT2D eigenvalue weighted by Crippen LogP contribution is 2.60. The van der Waals surface area contributed by atoms with E-state index < -0.39 is 36.9 Å². The lowest BCUT2D eigenvalue weighted by Gasteiger charge is -2.45. The lowest BCUT2D eigenvalue weighted by molar-refractivity contribution is -0.154. The van der Waals surface area contributed by atoms with E-state index in [4.69, 9.17) is 16.3 Å². The third-order valence-corrected chi connectivity index (χ3v) is 8.20. The lowest BCUT2D eigenvalue weighted by atomic mass is 9.55. The van der Waals surface area contributed by atoms with Crippen molar-refractivity contribution in [1.82, 2.24) is 4.90 Å². The first kappa shape index (κ1) is 23.9. The van der Waals surface area contributed by atoms with Gasteiger partial charge in [0.25, 0.3) is 5.91 Å². The maximum atomic E-state index is 13.5. The third kappa shape index (κ3) is 3.86. The number of benzene rings is 3. The molecule has 0 saturated carbocycles. The number of hydrogen-bond acceptors (Lipinski definition) is 5. The number of halogens is 2. The smallest absolute Gasteiger partial charge is 0.326 e. The summed E-state index contributed by atoms with van der Waals surface area (Å²) in [6.07, 6.45) is 0. The molecule has 3 aromatic rings. The molecule has 1 aliphatic heterocycles. The second-order valence-corrected chi connectivity index (χ2v) is 10.7. The van der Waals surface area contributed by atoms with Gasteiger partial charge in [0.2, 0.25) is 11.8 Å². The van der Waals surface area contributed by atoms with Crippen LogP contribution >= 0.6 is 27.5 Å². The number of nitrogens with one attached hydrogen (secondary N) is 1. The van der Waals surface area contributed by atoms with Gasteiger partial charge in [-0.15, -0.1) is 0 Å². The monoisotopic (exact) mass is 578 g/mol. The Labute approximate surface area is 225 Å². The number of hydrogen-bond donors (Lipinski definition) is 1. The molecule has 0 radical (unpaired) electrons. The molecule has 2 bridgehead atoms. The van der Waals surface area contributed by atoms with Crippen LogP contribution in [0, 0.1) is 11.8 Å². The van der Waals surface area contributed by atoms with Crippen LogP contribution in [0.15, 0.2) is 71.2 Å². The van der Waals surface area contributed by atoms with Crippen molar-refractivity contribution in [2.24, 2.45) is 11.8 Å². The van der Waals surface area contributed by atoms with Crippen LogP contribution in [-0.4, -0.2) is 41.7 Å². The van der Waals surface area contributed by atoms with Crippen LogP contribution in [0.5, 0.6) is 0 Å². The standard InChI is InChI=1S/C28H20BrClN2O5/c29-14-9-10-20(19(30)11-14)31-21(33)13-37-22(34)12-32-27(35)25-23-15-5-1-2-6-16(15)24(26(25)28(32)36)18-8-4-3-7-17(18)23/h1-11,23-26H,12-13H2,(H,31,33)/t23?,24?,25-,26+. The van der Waals surface area contributed by atoms with Gasteiger partial charge >= 0.3 is 5.97 Å². The first-order chi connectivity index (χ1) is 17.8. The van der Waals surface area contributed by atoms with Crippen LogP contribution < -0.4 is 5.32 Å². The predicted octanol–water partition coefficient (Wildman–Crippen LogP) is 4.48. The van der Waals surface area contributed by atoms with Gasteiger partial charge in [-0.1, -0.05) is 76.1 Å². The molecule has 3 aliphatic carbocycles. The van der Waals surface area contributed by atoms with E-state index in [-0.39, 0.29) is 23.7 Å². The topological polar surface area (TPSA) is 92.8 Å². The number of carbonyl (C=O) groups excluding carboxylic acids is 4.